The Labute approximate surface area is 229 Å². The lowest BCUT2D eigenvalue weighted by atomic mass is 9.96. The zero-order valence-electron chi connectivity index (χ0n) is 23.5. The summed E-state index contributed by atoms with van der Waals surface area (Å²) in [5, 5.41) is 5.78. The maximum Gasteiger partial charge on any atom is 0.326 e. The fourth-order valence-corrected chi connectivity index (χ4v) is 6.40. The Morgan fingerprint density at radius 1 is 1.23 bits per heavy atom. The summed E-state index contributed by atoms with van der Waals surface area (Å²) >= 11 is 0. The van der Waals surface area contributed by atoms with Gasteiger partial charge in [0.05, 0.1) is 25.6 Å². The molecule has 0 radical (unpaired) electrons. The number of carbonyl (C=O) groups is 2. The number of nitrogens with zero attached hydrogens (tertiary/aromatic N) is 4. The van der Waals surface area contributed by atoms with Gasteiger partial charge in [-0.25, -0.2) is 25.1 Å². The number of ether oxygens (including phenoxy) is 3. The highest BCUT2D eigenvalue weighted by Crippen LogP contribution is 2.40. The summed E-state index contributed by atoms with van der Waals surface area (Å²) in [6.45, 7) is 9.25. The third kappa shape index (κ3) is 8.69. The van der Waals surface area contributed by atoms with Crippen LogP contribution in [0.3, 0.4) is 0 Å². The van der Waals surface area contributed by atoms with Crippen LogP contribution in [0.2, 0.25) is 0 Å². The van der Waals surface area contributed by atoms with E-state index in [1.165, 1.54) is 6.33 Å². The quantitative estimate of drug-likeness (QED) is 0.154. The molecule has 1 fully saturated rings. The Kier molecular flexibility index (Phi) is 10.8. The molecule has 0 aromatic carbocycles. The largest absolute Gasteiger partial charge is 0.464 e. The van der Waals surface area contributed by atoms with Crippen LogP contribution in [-0.2, 0) is 34.9 Å². The second-order valence-electron chi connectivity index (χ2n) is 10.6. The van der Waals surface area contributed by atoms with E-state index in [-0.39, 0.29) is 24.9 Å². The lowest BCUT2D eigenvalue weighted by Crippen LogP contribution is -2.50. The molecule has 14 heteroatoms. The van der Waals surface area contributed by atoms with Crippen LogP contribution in [0.4, 0.5) is 5.82 Å². The molecule has 1 unspecified atom stereocenters. The number of imidazole rings is 1. The minimum absolute atomic E-state index is 0.109. The van der Waals surface area contributed by atoms with Gasteiger partial charge in [0.25, 0.3) is 0 Å². The van der Waals surface area contributed by atoms with Gasteiger partial charge in [0.2, 0.25) is 7.44 Å². The summed E-state index contributed by atoms with van der Waals surface area (Å²) in [6.07, 6.45) is 7.46. The van der Waals surface area contributed by atoms with Crippen molar-refractivity contribution in [1.29, 1.82) is 0 Å². The van der Waals surface area contributed by atoms with E-state index >= 15 is 0 Å². The number of unbranched alkanes of at least 4 members (excludes halogenated alkanes) is 2. The Morgan fingerprint density at radius 2 is 1.97 bits per heavy atom. The van der Waals surface area contributed by atoms with Gasteiger partial charge in [-0.1, -0.05) is 19.8 Å². The van der Waals surface area contributed by atoms with Crippen molar-refractivity contribution in [2.24, 2.45) is 0 Å². The summed E-state index contributed by atoms with van der Waals surface area (Å²) in [5.74, 6) is -0.769. The molecule has 1 aliphatic carbocycles. The van der Waals surface area contributed by atoms with Crippen molar-refractivity contribution in [2.45, 2.75) is 103 Å². The predicted molar refractivity (Wildman–Crippen MR) is 147 cm³/mol. The van der Waals surface area contributed by atoms with Crippen molar-refractivity contribution in [3.8, 4) is 0 Å². The average molecular weight is 568 g/mol. The van der Waals surface area contributed by atoms with Crippen LogP contribution < -0.4 is 15.9 Å². The van der Waals surface area contributed by atoms with E-state index in [1.54, 1.807) is 31.7 Å². The number of hydrogen-bond acceptors (Lipinski definition) is 10. The van der Waals surface area contributed by atoms with Gasteiger partial charge in [0.1, 0.15) is 35.9 Å². The third-order valence-corrected chi connectivity index (χ3v) is 8.70. The van der Waals surface area contributed by atoms with Crippen LogP contribution in [0, 0.1) is 0 Å². The molecule has 3 atom stereocenters. The first-order valence-corrected chi connectivity index (χ1v) is 15.4. The van der Waals surface area contributed by atoms with Gasteiger partial charge < -0.3 is 24.5 Å². The number of esters is 2. The van der Waals surface area contributed by atoms with Crippen LogP contribution in [0.5, 0.6) is 0 Å². The van der Waals surface area contributed by atoms with Gasteiger partial charge in [-0.15, -0.1) is 0 Å². The molecule has 4 N–H and O–H groups in total. The normalized spacial score (nSPS) is 17.3. The lowest BCUT2D eigenvalue weighted by molar-refractivity contribution is -0.154. The molecule has 0 spiro atoms. The van der Waals surface area contributed by atoms with E-state index in [0.717, 1.165) is 38.5 Å². The van der Waals surface area contributed by atoms with Crippen molar-refractivity contribution in [3.63, 3.8) is 0 Å². The van der Waals surface area contributed by atoms with Gasteiger partial charge >= 0.3 is 11.9 Å². The standard InChI is InChI=1S/C25H42N7O6P/c1-6-7-8-12-36-24(34)25(4,5)31-39(35,30-18(3)23(33)38-19-10-9-11-19)16-37-17(2)13-32-15-29-20-21(26)27-14-28-22(20)32/h14-15,17-19H,6-13,16H2,1-5H3,(H2,26,27,28)(H2,30,31,35)/t17-,18-,39?/m1/s1. The minimum atomic E-state index is -3.68. The van der Waals surface area contributed by atoms with E-state index in [9.17, 15) is 14.2 Å². The van der Waals surface area contributed by atoms with Gasteiger partial charge in [0, 0.05) is 0 Å². The summed E-state index contributed by atoms with van der Waals surface area (Å²) in [7, 11) is -3.68. The minimum Gasteiger partial charge on any atom is -0.464 e. The molecule has 0 bridgehead atoms. The summed E-state index contributed by atoms with van der Waals surface area (Å²) in [6, 6.07) is -0.892. The van der Waals surface area contributed by atoms with Crippen LogP contribution in [0.15, 0.2) is 12.7 Å². The Balaban J connectivity index is 1.68. The zero-order chi connectivity index (χ0) is 28.6. The monoisotopic (exact) mass is 567 g/mol. The number of anilines is 1. The molecule has 0 amide bonds. The molecular formula is C25H42N7O6P. The summed E-state index contributed by atoms with van der Waals surface area (Å²) < 4.78 is 32.8. The number of nitrogen functional groups attached to an aromatic ring is 1. The van der Waals surface area contributed by atoms with Crippen LogP contribution >= 0.6 is 7.44 Å². The molecule has 13 nitrogen and oxygen atoms in total. The number of fused-ring (bicyclic) bond motifs is 1. The van der Waals surface area contributed by atoms with E-state index in [4.69, 9.17) is 19.9 Å². The maximum absolute atomic E-state index is 14.1. The Hall–Kier alpha value is -2.60. The van der Waals surface area contributed by atoms with E-state index in [0.29, 0.717) is 17.7 Å². The number of carbonyl (C=O) groups excluding carboxylic acids is 2. The Morgan fingerprint density at radius 3 is 2.64 bits per heavy atom. The second kappa shape index (κ2) is 13.6. The molecule has 1 saturated carbocycles. The second-order valence-corrected chi connectivity index (χ2v) is 12.8. The molecule has 2 aromatic rings. The van der Waals surface area contributed by atoms with Crippen LogP contribution in [-0.4, -0.2) is 68.2 Å². The van der Waals surface area contributed by atoms with Crippen molar-refractivity contribution in [1.82, 2.24) is 29.7 Å². The molecule has 3 rings (SSSR count). The van der Waals surface area contributed by atoms with Gasteiger partial charge in [-0.2, -0.15) is 0 Å². The number of nitrogens with one attached hydrogen (secondary N) is 2. The smallest absolute Gasteiger partial charge is 0.326 e. The molecule has 2 heterocycles. The SMILES string of the molecule is CCCCCOC(=O)C(C)(C)NP(=O)(CO[C@H](C)Cn1cnc2c(N)ncnc21)N[C@H](C)C(=O)OC1CCC1. The van der Waals surface area contributed by atoms with E-state index in [1.807, 2.05) is 6.92 Å². The van der Waals surface area contributed by atoms with Crippen molar-refractivity contribution in [2.75, 3.05) is 18.7 Å². The van der Waals surface area contributed by atoms with Crippen LogP contribution in [0.25, 0.3) is 11.2 Å². The first kappa shape index (κ1) is 30.9. The Bertz CT molecular complexity index is 1170. The molecule has 218 valence electrons. The fourth-order valence-electron chi connectivity index (χ4n) is 4.01. The lowest BCUT2D eigenvalue weighted by Gasteiger charge is -2.33. The summed E-state index contributed by atoms with van der Waals surface area (Å²) in [5.41, 5.74) is 5.59. The van der Waals surface area contributed by atoms with Gasteiger partial charge in [-0.05, 0) is 53.4 Å². The highest BCUT2D eigenvalue weighted by atomic mass is 31.2. The third-order valence-electron chi connectivity index (χ3n) is 6.47. The molecule has 1 aliphatic rings. The molecule has 39 heavy (non-hydrogen) atoms. The first-order chi connectivity index (χ1) is 18.4. The number of rotatable bonds is 16. The number of hydrogen-bond donors (Lipinski definition) is 3. The average Bonchev–Trinajstić information content (AvgIpc) is 3.26. The van der Waals surface area contributed by atoms with Gasteiger partial charge in [-0.3, -0.25) is 14.2 Å². The van der Waals surface area contributed by atoms with E-state index < -0.39 is 37.1 Å². The molecule has 0 saturated heterocycles. The number of nitrogens with two attached hydrogens (primary N) is 1. The summed E-state index contributed by atoms with van der Waals surface area (Å²) in [4.78, 5) is 37.9. The maximum atomic E-state index is 14.1. The van der Waals surface area contributed by atoms with Crippen molar-refractivity contribution >= 4 is 36.4 Å². The van der Waals surface area contributed by atoms with E-state index in [2.05, 4.69) is 32.1 Å². The topological polar surface area (TPSA) is 173 Å². The highest BCUT2D eigenvalue weighted by molar-refractivity contribution is 7.59. The highest BCUT2D eigenvalue weighted by Gasteiger charge is 2.39. The predicted octanol–water partition coefficient (Wildman–Crippen LogP) is 3.14. The fraction of sp³-hybridized carbons (Fsp3) is 0.720. The van der Waals surface area contributed by atoms with Crippen molar-refractivity contribution < 1.29 is 28.4 Å². The van der Waals surface area contributed by atoms with Crippen LogP contribution in [0.1, 0.15) is 73.1 Å². The zero-order valence-corrected chi connectivity index (χ0v) is 24.4. The molecule has 2 aromatic heterocycles. The van der Waals surface area contributed by atoms with Gasteiger partial charge in [0.15, 0.2) is 11.5 Å². The number of aromatic nitrogens is 4. The molecule has 0 aliphatic heterocycles. The first-order valence-electron chi connectivity index (χ1n) is 13.5. The van der Waals surface area contributed by atoms with Crippen molar-refractivity contribution in [3.05, 3.63) is 12.7 Å². The molecular weight excluding hydrogens is 525 g/mol.